The van der Waals surface area contributed by atoms with Crippen molar-refractivity contribution in [2.45, 2.75) is 19.3 Å². The van der Waals surface area contributed by atoms with E-state index in [1.54, 1.807) is 18.3 Å². The van der Waals surface area contributed by atoms with Crippen molar-refractivity contribution in [3.63, 3.8) is 0 Å². The molecule has 0 aliphatic carbocycles. The van der Waals surface area contributed by atoms with E-state index >= 15 is 0 Å². The zero-order valence-corrected chi connectivity index (χ0v) is 13.8. The SMILES string of the molecule is O=C(NCCCN1CCCC1=O)c1ccc(-c2cnc(=O)[nH]c2)cc1. The monoisotopic (exact) mass is 340 g/mol. The van der Waals surface area contributed by atoms with Gasteiger partial charge in [-0.1, -0.05) is 12.1 Å². The number of hydrogen-bond donors (Lipinski definition) is 2. The van der Waals surface area contributed by atoms with Crippen LogP contribution in [0.2, 0.25) is 0 Å². The molecule has 3 rings (SSSR count). The van der Waals surface area contributed by atoms with E-state index in [0.717, 1.165) is 30.5 Å². The van der Waals surface area contributed by atoms with E-state index in [4.69, 9.17) is 0 Å². The second-order valence-corrected chi connectivity index (χ2v) is 5.98. The third-order valence-electron chi connectivity index (χ3n) is 4.21. The molecule has 2 amide bonds. The van der Waals surface area contributed by atoms with Crippen molar-refractivity contribution < 1.29 is 9.59 Å². The summed E-state index contributed by atoms with van der Waals surface area (Å²) >= 11 is 0. The summed E-state index contributed by atoms with van der Waals surface area (Å²) in [5, 5.41) is 2.87. The van der Waals surface area contributed by atoms with Crippen molar-refractivity contribution in [1.82, 2.24) is 20.2 Å². The molecule has 1 aliphatic heterocycles. The van der Waals surface area contributed by atoms with Gasteiger partial charge in [0.1, 0.15) is 0 Å². The number of hydrogen-bond acceptors (Lipinski definition) is 4. The molecular formula is C18H20N4O3. The third kappa shape index (κ3) is 4.32. The van der Waals surface area contributed by atoms with Crippen molar-refractivity contribution in [1.29, 1.82) is 0 Å². The molecular weight excluding hydrogens is 320 g/mol. The van der Waals surface area contributed by atoms with Gasteiger partial charge in [0.15, 0.2) is 0 Å². The van der Waals surface area contributed by atoms with E-state index in [1.165, 1.54) is 6.20 Å². The number of benzene rings is 1. The van der Waals surface area contributed by atoms with E-state index in [2.05, 4.69) is 15.3 Å². The van der Waals surface area contributed by atoms with Crippen LogP contribution in [0.1, 0.15) is 29.6 Å². The fraction of sp³-hybridized carbons (Fsp3) is 0.333. The Morgan fingerprint density at radius 3 is 2.64 bits per heavy atom. The van der Waals surface area contributed by atoms with Gasteiger partial charge in [0.05, 0.1) is 0 Å². The van der Waals surface area contributed by atoms with Crippen LogP contribution in [0.15, 0.2) is 41.5 Å². The molecule has 2 aromatic rings. The highest BCUT2D eigenvalue weighted by Crippen LogP contribution is 2.17. The average Bonchev–Trinajstić information content (AvgIpc) is 3.04. The van der Waals surface area contributed by atoms with Gasteiger partial charge in [0.2, 0.25) is 5.91 Å². The number of aromatic amines is 1. The van der Waals surface area contributed by atoms with Crippen LogP contribution in [0, 0.1) is 0 Å². The average molecular weight is 340 g/mol. The summed E-state index contributed by atoms with van der Waals surface area (Å²) in [6, 6.07) is 7.10. The van der Waals surface area contributed by atoms with Crippen molar-refractivity contribution in [3.8, 4) is 11.1 Å². The maximum Gasteiger partial charge on any atom is 0.344 e. The molecule has 0 bridgehead atoms. The van der Waals surface area contributed by atoms with Crippen LogP contribution in [-0.4, -0.2) is 46.3 Å². The van der Waals surface area contributed by atoms with Gasteiger partial charge in [-0.2, -0.15) is 0 Å². The van der Waals surface area contributed by atoms with Crippen molar-refractivity contribution >= 4 is 11.8 Å². The quantitative estimate of drug-likeness (QED) is 0.772. The number of carbonyl (C=O) groups excluding carboxylic acids is 2. The first-order chi connectivity index (χ1) is 12.1. The minimum atomic E-state index is -0.393. The second kappa shape index (κ2) is 7.74. The van der Waals surface area contributed by atoms with Gasteiger partial charge < -0.3 is 15.2 Å². The molecule has 0 unspecified atom stereocenters. The third-order valence-corrected chi connectivity index (χ3v) is 4.21. The summed E-state index contributed by atoms with van der Waals surface area (Å²) in [4.78, 5) is 42.7. The van der Waals surface area contributed by atoms with Crippen LogP contribution < -0.4 is 11.0 Å². The number of carbonyl (C=O) groups is 2. The smallest absolute Gasteiger partial charge is 0.344 e. The standard InChI is InChI=1S/C18H20N4O3/c23-16-3-1-9-22(16)10-2-8-19-17(24)14-6-4-13(5-7-14)15-11-20-18(25)21-12-15/h4-7,11-12H,1-3,8-10H2,(H,19,24)(H,20,21,25). The van der Waals surface area contributed by atoms with Gasteiger partial charge in [0, 0.05) is 49.6 Å². The lowest BCUT2D eigenvalue weighted by Crippen LogP contribution is -2.30. The van der Waals surface area contributed by atoms with E-state index in [9.17, 15) is 14.4 Å². The Bertz CT molecular complexity index is 793. The first-order valence-corrected chi connectivity index (χ1v) is 8.34. The largest absolute Gasteiger partial charge is 0.352 e. The predicted octanol–water partition coefficient (Wildman–Crippen LogP) is 1.18. The van der Waals surface area contributed by atoms with Gasteiger partial charge in [-0.05, 0) is 30.5 Å². The Morgan fingerprint density at radius 1 is 1.20 bits per heavy atom. The molecule has 7 heteroatoms. The van der Waals surface area contributed by atoms with Crippen LogP contribution in [-0.2, 0) is 4.79 Å². The molecule has 2 heterocycles. The molecule has 1 aromatic heterocycles. The Hall–Kier alpha value is -2.96. The number of nitrogens with zero attached hydrogens (tertiary/aromatic N) is 2. The van der Waals surface area contributed by atoms with Crippen molar-refractivity contribution in [3.05, 3.63) is 52.7 Å². The lowest BCUT2D eigenvalue weighted by molar-refractivity contribution is -0.127. The fourth-order valence-electron chi connectivity index (χ4n) is 2.83. The van der Waals surface area contributed by atoms with Gasteiger partial charge in [0.25, 0.3) is 5.91 Å². The summed E-state index contributed by atoms with van der Waals surface area (Å²) in [7, 11) is 0. The van der Waals surface area contributed by atoms with Crippen LogP contribution >= 0.6 is 0 Å². The lowest BCUT2D eigenvalue weighted by atomic mass is 10.1. The highest BCUT2D eigenvalue weighted by atomic mass is 16.2. The van der Waals surface area contributed by atoms with Crippen molar-refractivity contribution in [2.24, 2.45) is 0 Å². The molecule has 0 atom stereocenters. The van der Waals surface area contributed by atoms with Gasteiger partial charge in [-0.3, -0.25) is 9.59 Å². The summed E-state index contributed by atoms with van der Waals surface area (Å²) in [6.07, 6.45) is 5.40. The van der Waals surface area contributed by atoms with Crippen LogP contribution in [0.4, 0.5) is 0 Å². The topological polar surface area (TPSA) is 95.2 Å². The summed E-state index contributed by atoms with van der Waals surface area (Å²) < 4.78 is 0. The molecule has 1 aromatic carbocycles. The van der Waals surface area contributed by atoms with Crippen LogP contribution in [0.3, 0.4) is 0 Å². The number of aromatic nitrogens is 2. The molecule has 1 saturated heterocycles. The number of likely N-dealkylation sites (tertiary alicyclic amines) is 1. The Balaban J connectivity index is 1.49. The molecule has 0 spiro atoms. The second-order valence-electron chi connectivity index (χ2n) is 5.98. The number of amides is 2. The molecule has 130 valence electrons. The highest BCUT2D eigenvalue weighted by Gasteiger charge is 2.19. The van der Waals surface area contributed by atoms with Gasteiger partial charge >= 0.3 is 5.69 Å². The Morgan fingerprint density at radius 2 is 2.00 bits per heavy atom. The van der Waals surface area contributed by atoms with E-state index in [-0.39, 0.29) is 11.8 Å². The number of H-pyrrole nitrogens is 1. The highest BCUT2D eigenvalue weighted by molar-refractivity contribution is 5.94. The predicted molar refractivity (Wildman–Crippen MR) is 93.1 cm³/mol. The maximum atomic E-state index is 12.1. The van der Waals surface area contributed by atoms with Crippen LogP contribution in [0.25, 0.3) is 11.1 Å². The minimum absolute atomic E-state index is 0.140. The zero-order valence-electron chi connectivity index (χ0n) is 13.8. The molecule has 1 fully saturated rings. The lowest BCUT2D eigenvalue weighted by Gasteiger charge is -2.15. The molecule has 2 N–H and O–H groups in total. The minimum Gasteiger partial charge on any atom is -0.352 e. The molecule has 1 aliphatic rings. The number of nitrogens with one attached hydrogen (secondary N) is 2. The zero-order chi connectivity index (χ0) is 17.6. The summed E-state index contributed by atoms with van der Waals surface area (Å²) in [5.74, 6) is 0.0672. The van der Waals surface area contributed by atoms with E-state index in [0.29, 0.717) is 25.1 Å². The van der Waals surface area contributed by atoms with Crippen molar-refractivity contribution in [2.75, 3.05) is 19.6 Å². The Kier molecular flexibility index (Phi) is 5.23. The molecule has 7 nitrogen and oxygen atoms in total. The van der Waals surface area contributed by atoms with E-state index in [1.807, 2.05) is 17.0 Å². The fourth-order valence-corrected chi connectivity index (χ4v) is 2.83. The van der Waals surface area contributed by atoms with Gasteiger partial charge in [-0.15, -0.1) is 0 Å². The number of rotatable bonds is 6. The summed E-state index contributed by atoms with van der Waals surface area (Å²) in [6.45, 7) is 2.05. The summed E-state index contributed by atoms with van der Waals surface area (Å²) in [5.41, 5.74) is 1.82. The van der Waals surface area contributed by atoms with Crippen LogP contribution in [0.5, 0.6) is 0 Å². The van der Waals surface area contributed by atoms with Gasteiger partial charge in [-0.25, -0.2) is 9.78 Å². The maximum absolute atomic E-state index is 12.1. The first-order valence-electron chi connectivity index (χ1n) is 8.34. The first kappa shape index (κ1) is 16.9. The normalized spacial score (nSPS) is 13.9. The Labute approximate surface area is 145 Å². The molecule has 0 saturated carbocycles. The molecule has 0 radical (unpaired) electrons. The van der Waals surface area contributed by atoms with E-state index < -0.39 is 5.69 Å². The molecule has 25 heavy (non-hydrogen) atoms.